The van der Waals surface area contributed by atoms with Crippen molar-refractivity contribution in [3.05, 3.63) is 89.6 Å². The molecule has 2 heterocycles. The largest absolute Gasteiger partial charge is 0.380 e. The summed E-state index contributed by atoms with van der Waals surface area (Å²) in [6, 6.07) is 24.1. The summed E-state index contributed by atoms with van der Waals surface area (Å²) in [4.78, 5) is 4.51. The lowest BCUT2D eigenvalue weighted by Gasteiger charge is -2.35. The second-order valence-electron chi connectivity index (χ2n) is 7.83. The van der Waals surface area contributed by atoms with Crippen LogP contribution in [0.5, 0.6) is 0 Å². The van der Waals surface area contributed by atoms with E-state index in [1.165, 1.54) is 16.7 Å². The molecule has 0 aliphatic carbocycles. The highest BCUT2D eigenvalue weighted by Crippen LogP contribution is 2.29. The first-order chi connectivity index (χ1) is 15.2. The lowest BCUT2D eigenvalue weighted by atomic mass is 9.94. The van der Waals surface area contributed by atoms with Crippen LogP contribution in [0.25, 0.3) is 0 Å². The molecule has 0 spiro atoms. The van der Waals surface area contributed by atoms with Gasteiger partial charge in [-0.15, -0.1) is 0 Å². The average Bonchev–Trinajstić information content (AvgIpc) is 2.86. The molecule has 186 valence electrons. The Hall–Kier alpha value is -2.85. The normalized spacial score (nSPS) is 15.6. The van der Waals surface area contributed by atoms with Gasteiger partial charge in [0.05, 0.1) is 17.8 Å². The number of aryl methyl sites for hydroxylation is 1. The fourth-order valence-electron chi connectivity index (χ4n) is 4.00. The van der Waals surface area contributed by atoms with Crippen LogP contribution in [0.1, 0.15) is 75.5 Å². The molecule has 0 saturated carbocycles. The van der Waals surface area contributed by atoms with Gasteiger partial charge in [-0.1, -0.05) is 97.1 Å². The monoisotopic (exact) mass is 454 g/mol. The van der Waals surface area contributed by atoms with Crippen LogP contribution in [-0.2, 0) is 6.42 Å². The van der Waals surface area contributed by atoms with Crippen molar-refractivity contribution >= 4 is 11.5 Å². The minimum absolute atomic E-state index is 0. The summed E-state index contributed by atoms with van der Waals surface area (Å²) in [6.07, 6.45) is 2.91. The highest BCUT2D eigenvalue weighted by Gasteiger charge is 2.27. The van der Waals surface area contributed by atoms with Gasteiger partial charge in [0.1, 0.15) is 5.82 Å². The number of rotatable bonds is 7. The van der Waals surface area contributed by atoms with E-state index in [1.807, 2.05) is 26.1 Å². The van der Waals surface area contributed by atoms with Crippen LogP contribution < -0.4 is 16.0 Å². The molecule has 0 unspecified atom stereocenters. The Balaban J connectivity index is -0.00000152. The second-order valence-corrected chi connectivity index (χ2v) is 7.83. The van der Waals surface area contributed by atoms with Crippen molar-refractivity contribution in [2.24, 2.45) is 0 Å². The predicted octanol–water partition coefficient (Wildman–Crippen LogP) is 8.02. The van der Waals surface area contributed by atoms with Crippen molar-refractivity contribution in [3.63, 3.8) is 0 Å². The number of hydrogen-bond acceptors (Lipinski definition) is 4. The third-order valence-electron chi connectivity index (χ3n) is 5.78. The lowest BCUT2D eigenvalue weighted by Crippen LogP contribution is -2.45. The maximum absolute atomic E-state index is 4.51. The van der Waals surface area contributed by atoms with Gasteiger partial charge >= 0.3 is 0 Å². The van der Waals surface area contributed by atoms with Gasteiger partial charge in [-0.05, 0) is 41.2 Å². The van der Waals surface area contributed by atoms with E-state index in [9.17, 15) is 0 Å². The second kappa shape index (κ2) is 14.3. The van der Waals surface area contributed by atoms with E-state index < -0.39 is 0 Å². The fourth-order valence-corrected chi connectivity index (χ4v) is 4.00. The van der Waals surface area contributed by atoms with Gasteiger partial charge in [0.25, 0.3) is 0 Å². The SMILES string of the molecule is C.C.CC.CCc1cccc([C@H](C)CN[C@H](c2ccccc2)[C@H]2CNc3cccnc3N2)c1.[HH].[HH].[HH]. The van der Waals surface area contributed by atoms with Gasteiger partial charge in [0, 0.05) is 23.6 Å². The quantitative estimate of drug-likeness (QED) is 0.338. The molecule has 1 aliphatic rings. The zero-order valence-electron chi connectivity index (χ0n) is 19.2. The Bertz CT molecular complexity index is 941. The highest BCUT2D eigenvalue weighted by atomic mass is 15.2. The van der Waals surface area contributed by atoms with E-state index in [2.05, 4.69) is 95.4 Å². The molecule has 1 aliphatic heterocycles. The van der Waals surface area contributed by atoms with Gasteiger partial charge in [-0.25, -0.2) is 4.98 Å². The Morgan fingerprint density at radius 3 is 2.45 bits per heavy atom. The third-order valence-corrected chi connectivity index (χ3v) is 5.78. The average molecular weight is 455 g/mol. The topological polar surface area (TPSA) is 49.0 Å². The summed E-state index contributed by atoms with van der Waals surface area (Å²) >= 11 is 0. The number of nitrogens with one attached hydrogen (secondary N) is 3. The molecule has 0 fully saturated rings. The third kappa shape index (κ3) is 7.33. The molecule has 3 aromatic rings. The van der Waals surface area contributed by atoms with Gasteiger partial charge in [0.15, 0.2) is 0 Å². The molecular formula is C29H50N4. The molecule has 0 amide bonds. The van der Waals surface area contributed by atoms with E-state index in [0.29, 0.717) is 5.92 Å². The molecule has 3 N–H and O–H groups in total. The van der Waals surface area contributed by atoms with Crippen LogP contribution in [0.15, 0.2) is 72.9 Å². The Morgan fingerprint density at radius 1 is 1.00 bits per heavy atom. The molecule has 0 saturated heterocycles. The molecule has 4 nitrogen and oxygen atoms in total. The zero-order valence-corrected chi connectivity index (χ0v) is 19.2. The molecule has 0 radical (unpaired) electrons. The number of aromatic nitrogens is 1. The van der Waals surface area contributed by atoms with Crippen LogP contribution in [-0.4, -0.2) is 24.1 Å². The van der Waals surface area contributed by atoms with E-state index in [-0.39, 0.29) is 31.2 Å². The first-order valence-corrected chi connectivity index (χ1v) is 11.6. The minimum atomic E-state index is 0. The molecule has 2 aromatic carbocycles. The Labute approximate surface area is 206 Å². The summed E-state index contributed by atoms with van der Waals surface area (Å²) in [5, 5.41) is 11.0. The molecule has 4 heteroatoms. The molecule has 33 heavy (non-hydrogen) atoms. The summed E-state index contributed by atoms with van der Waals surface area (Å²) in [5.74, 6) is 1.37. The molecule has 3 atom stereocenters. The van der Waals surface area contributed by atoms with E-state index in [4.69, 9.17) is 0 Å². The summed E-state index contributed by atoms with van der Waals surface area (Å²) in [6.45, 7) is 10.3. The van der Waals surface area contributed by atoms with Gasteiger partial charge in [-0.3, -0.25) is 0 Å². The number of benzene rings is 2. The van der Waals surface area contributed by atoms with E-state index in [1.54, 1.807) is 0 Å². The first-order valence-electron chi connectivity index (χ1n) is 11.6. The Morgan fingerprint density at radius 2 is 1.73 bits per heavy atom. The standard InChI is InChI=1S/C25H30N4.C2H6.2CH4.3H2/c1-3-19-9-7-12-21(15-19)18(2)16-28-24(20-10-5-4-6-11-20)23-17-27-22-13-8-14-26-25(22)29-23;1-2;;;;;/h4-15,18,23-24,27-28H,3,16-17H2,1-2H3,(H,26,29);1-2H3;2*1H4;3*1H/t18-,23-,24-;;;;;;/m1....../s1. The van der Waals surface area contributed by atoms with Crippen LogP contribution in [0.3, 0.4) is 0 Å². The molecule has 4 rings (SSSR count). The lowest BCUT2D eigenvalue weighted by molar-refractivity contribution is 0.453. The fraction of sp³-hybridized carbons (Fsp3) is 0.414. The maximum Gasteiger partial charge on any atom is 0.149 e. The number of anilines is 2. The van der Waals surface area contributed by atoms with Crippen molar-refractivity contribution in [1.29, 1.82) is 0 Å². The van der Waals surface area contributed by atoms with Gasteiger partial charge in [-0.2, -0.15) is 0 Å². The van der Waals surface area contributed by atoms with Crippen molar-refractivity contribution < 1.29 is 4.28 Å². The number of pyridine rings is 1. The number of fused-ring (bicyclic) bond motifs is 1. The highest BCUT2D eigenvalue weighted by molar-refractivity contribution is 5.67. The smallest absolute Gasteiger partial charge is 0.149 e. The van der Waals surface area contributed by atoms with Gasteiger partial charge < -0.3 is 16.0 Å². The molecule has 1 aromatic heterocycles. The summed E-state index contributed by atoms with van der Waals surface area (Å²) in [5.41, 5.74) is 5.15. The Kier molecular flexibility index (Phi) is 12.2. The van der Waals surface area contributed by atoms with Crippen LogP contribution in [0.2, 0.25) is 0 Å². The summed E-state index contributed by atoms with van der Waals surface area (Å²) < 4.78 is 0. The van der Waals surface area contributed by atoms with Gasteiger partial charge in [0.2, 0.25) is 0 Å². The van der Waals surface area contributed by atoms with Crippen molar-refractivity contribution in [3.8, 4) is 0 Å². The van der Waals surface area contributed by atoms with Crippen molar-refractivity contribution in [2.45, 2.75) is 67.0 Å². The van der Waals surface area contributed by atoms with Crippen LogP contribution in [0, 0.1) is 0 Å². The minimum Gasteiger partial charge on any atom is -0.380 e. The van der Waals surface area contributed by atoms with E-state index in [0.717, 1.165) is 31.0 Å². The number of hydrogen-bond donors (Lipinski definition) is 3. The molecular weight excluding hydrogens is 404 g/mol. The maximum atomic E-state index is 4.51. The van der Waals surface area contributed by atoms with Crippen molar-refractivity contribution in [2.75, 3.05) is 23.7 Å². The zero-order chi connectivity index (χ0) is 22.1. The first kappa shape index (κ1) is 28.2. The predicted molar refractivity (Wildman–Crippen MR) is 153 cm³/mol. The number of nitrogens with zero attached hydrogens (tertiary/aromatic N) is 1. The van der Waals surface area contributed by atoms with E-state index >= 15 is 0 Å². The van der Waals surface area contributed by atoms with Crippen LogP contribution >= 0.6 is 0 Å². The molecule has 0 bridgehead atoms. The summed E-state index contributed by atoms with van der Waals surface area (Å²) in [7, 11) is 0. The van der Waals surface area contributed by atoms with Crippen LogP contribution in [0.4, 0.5) is 11.5 Å². The van der Waals surface area contributed by atoms with Crippen molar-refractivity contribution in [1.82, 2.24) is 10.3 Å².